The number of thiophene rings is 1. The molecule has 0 saturated carbocycles. The fourth-order valence-corrected chi connectivity index (χ4v) is 4.98. The van der Waals surface area contributed by atoms with Crippen molar-refractivity contribution in [1.29, 1.82) is 0 Å². The highest BCUT2D eigenvalue weighted by molar-refractivity contribution is 7.17. The van der Waals surface area contributed by atoms with Crippen LogP contribution in [0.4, 0.5) is 11.4 Å². The molecule has 5 rings (SSSR count). The first-order valence-electron chi connectivity index (χ1n) is 10.8. The molecule has 166 valence electrons. The highest BCUT2D eigenvalue weighted by Gasteiger charge is 2.24. The quantitative estimate of drug-likeness (QED) is 0.444. The Kier molecular flexibility index (Phi) is 6.04. The van der Waals surface area contributed by atoms with Gasteiger partial charge in [0, 0.05) is 48.8 Å². The second kappa shape index (κ2) is 9.26. The van der Waals surface area contributed by atoms with Gasteiger partial charge in [0.05, 0.1) is 17.6 Å². The van der Waals surface area contributed by atoms with Crippen LogP contribution in [0.5, 0.6) is 0 Å². The maximum Gasteiger partial charge on any atom is 0.376 e. The summed E-state index contributed by atoms with van der Waals surface area (Å²) < 4.78 is 1.10. The van der Waals surface area contributed by atoms with Gasteiger partial charge in [-0.25, -0.2) is 9.97 Å². The zero-order valence-corrected chi connectivity index (χ0v) is 19.0. The number of rotatable bonds is 5. The SMILES string of the molecule is CB(O)N1CCN(c2ccncc2NC(=O)c2ccnc(-c3cccc4ccsc34)n2)CC1. The number of carbonyl (C=O) groups excluding carboxylic acids is 1. The van der Waals surface area contributed by atoms with E-state index in [4.69, 9.17) is 0 Å². The van der Waals surface area contributed by atoms with Gasteiger partial charge in [-0.1, -0.05) is 12.1 Å². The summed E-state index contributed by atoms with van der Waals surface area (Å²) >= 11 is 1.63. The summed E-state index contributed by atoms with van der Waals surface area (Å²) in [4.78, 5) is 30.5. The Morgan fingerprint density at radius 2 is 1.97 bits per heavy atom. The van der Waals surface area contributed by atoms with E-state index in [1.165, 1.54) is 0 Å². The highest BCUT2D eigenvalue weighted by atomic mass is 32.1. The number of fused-ring (bicyclic) bond motifs is 1. The lowest BCUT2D eigenvalue weighted by Gasteiger charge is -2.37. The van der Waals surface area contributed by atoms with Crippen LogP contribution in [0.15, 0.2) is 60.4 Å². The molecule has 0 bridgehead atoms. The number of pyridine rings is 1. The molecule has 1 aliphatic rings. The number of hydrogen-bond acceptors (Lipinski definition) is 8. The molecule has 4 heterocycles. The fraction of sp³-hybridized carbons (Fsp3) is 0.217. The van der Waals surface area contributed by atoms with Gasteiger partial charge in [-0.2, -0.15) is 0 Å². The minimum atomic E-state index is -0.462. The van der Waals surface area contributed by atoms with E-state index >= 15 is 0 Å². The largest absolute Gasteiger partial charge is 0.437 e. The van der Waals surface area contributed by atoms with Crippen LogP contribution in [0.3, 0.4) is 0 Å². The van der Waals surface area contributed by atoms with Gasteiger partial charge < -0.3 is 20.1 Å². The molecule has 1 aliphatic heterocycles. The summed E-state index contributed by atoms with van der Waals surface area (Å²) in [6.45, 7) is 4.77. The number of anilines is 2. The number of nitrogens with zero attached hydrogens (tertiary/aromatic N) is 5. The van der Waals surface area contributed by atoms with Gasteiger partial charge in [-0.05, 0) is 41.9 Å². The molecular weight excluding hydrogens is 435 g/mol. The Labute approximate surface area is 196 Å². The second-order valence-electron chi connectivity index (χ2n) is 7.91. The van der Waals surface area contributed by atoms with Crippen LogP contribution in [-0.4, -0.2) is 63.9 Å². The van der Waals surface area contributed by atoms with Crippen molar-refractivity contribution in [3.05, 3.63) is 66.1 Å². The van der Waals surface area contributed by atoms with Crippen molar-refractivity contribution >= 4 is 45.8 Å². The molecular formula is C23H23BN6O2S. The number of benzene rings is 1. The number of carbonyl (C=O) groups is 1. The molecule has 0 aliphatic carbocycles. The second-order valence-corrected chi connectivity index (χ2v) is 8.83. The topological polar surface area (TPSA) is 94.5 Å². The predicted molar refractivity (Wildman–Crippen MR) is 133 cm³/mol. The Balaban J connectivity index is 1.37. The first kappa shape index (κ1) is 21.5. The third kappa shape index (κ3) is 4.45. The average Bonchev–Trinajstić information content (AvgIpc) is 3.34. The summed E-state index contributed by atoms with van der Waals surface area (Å²) in [5.41, 5.74) is 2.74. The lowest BCUT2D eigenvalue weighted by atomic mass is 9.84. The predicted octanol–water partition coefficient (Wildman–Crippen LogP) is 3.24. The molecule has 2 N–H and O–H groups in total. The van der Waals surface area contributed by atoms with E-state index in [2.05, 4.69) is 37.3 Å². The Bertz CT molecular complexity index is 1290. The summed E-state index contributed by atoms with van der Waals surface area (Å²) in [7, 11) is -0.462. The first-order valence-corrected chi connectivity index (χ1v) is 11.7. The molecule has 1 saturated heterocycles. The smallest absolute Gasteiger partial charge is 0.376 e. The molecule has 33 heavy (non-hydrogen) atoms. The van der Waals surface area contributed by atoms with Gasteiger partial charge in [0.2, 0.25) is 0 Å². The van der Waals surface area contributed by atoms with Gasteiger partial charge in [0.1, 0.15) is 5.69 Å². The molecule has 0 unspecified atom stereocenters. The van der Waals surface area contributed by atoms with Crippen LogP contribution in [0, 0.1) is 0 Å². The third-order valence-corrected chi connectivity index (χ3v) is 6.80. The zero-order chi connectivity index (χ0) is 22.8. The van der Waals surface area contributed by atoms with E-state index in [0.29, 0.717) is 17.2 Å². The normalized spacial score (nSPS) is 14.4. The Morgan fingerprint density at radius 3 is 2.79 bits per heavy atom. The fourth-order valence-electron chi connectivity index (χ4n) is 4.07. The standard InChI is InChI=1S/C23H23BN6O2S/c1-24(32)30-12-10-29(11-13-30)20-6-8-25-15-19(20)28-23(31)18-5-9-26-22(27-18)17-4-2-3-16-7-14-33-21(16)17/h2-9,14-15,32H,10-13H2,1H3,(H,28,31). The van der Waals surface area contributed by atoms with Crippen LogP contribution >= 0.6 is 11.3 Å². The average molecular weight is 458 g/mol. The van der Waals surface area contributed by atoms with Crippen LogP contribution < -0.4 is 10.2 Å². The molecule has 0 atom stereocenters. The maximum absolute atomic E-state index is 13.1. The van der Waals surface area contributed by atoms with Crippen molar-refractivity contribution in [2.45, 2.75) is 6.82 Å². The van der Waals surface area contributed by atoms with Crippen molar-refractivity contribution in [3.8, 4) is 11.4 Å². The molecule has 0 spiro atoms. The summed E-state index contributed by atoms with van der Waals surface area (Å²) in [6.07, 6.45) is 4.99. The Hall–Kier alpha value is -3.34. The summed E-state index contributed by atoms with van der Waals surface area (Å²) in [6, 6.07) is 11.6. The van der Waals surface area contributed by atoms with Crippen molar-refractivity contribution in [2.75, 3.05) is 36.4 Å². The van der Waals surface area contributed by atoms with E-state index in [1.54, 1.807) is 42.8 Å². The van der Waals surface area contributed by atoms with Gasteiger partial charge in [0.15, 0.2) is 5.82 Å². The minimum absolute atomic E-state index is 0.294. The van der Waals surface area contributed by atoms with Crippen molar-refractivity contribution in [1.82, 2.24) is 19.8 Å². The molecule has 3 aromatic heterocycles. The van der Waals surface area contributed by atoms with E-state index in [1.807, 2.05) is 28.4 Å². The first-order chi connectivity index (χ1) is 16.1. The van der Waals surface area contributed by atoms with E-state index in [-0.39, 0.29) is 5.91 Å². The van der Waals surface area contributed by atoms with Crippen LogP contribution in [0.25, 0.3) is 21.5 Å². The third-order valence-electron chi connectivity index (χ3n) is 5.84. The van der Waals surface area contributed by atoms with Gasteiger partial charge in [0.25, 0.3) is 5.91 Å². The van der Waals surface area contributed by atoms with E-state index < -0.39 is 7.05 Å². The number of nitrogens with one attached hydrogen (secondary N) is 1. The number of piperazine rings is 1. The monoisotopic (exact) mass is 458 g/mol. The molecule has 4 aromatic rings. The molecule has 1 fully saturated rings. The lowest BCUT2D eigenvalue weighted by Crippen LogP contribution is -2.51. The van der Waals surface area contributed by atoms with Crippen molar-refractivity contribution < 1.29 is 9.82 Å². The van der Waals surface area contributed by atoms with Gasteiger partial charge in [-0.15, -0.1) is 11.3 Å². The zero-order valence-electron chi connectivity index (χ0n) is 18.2. The summed E-state index contributed by atoms with van der Waals surface area (Å²) in [5, 5.41) is 16.0. The molecule has 1 amide bonds. The Morgan fingerprint density at radius 1 is 1.12 bits per heavy atom. The van der Waals surface area contributed by atoms with Crippen molar-refractivity contribution in [3.63, 3.8) is 0 Å². The molecule has 1 aromatic carbocycles. The summed E-state index contributed by atoms with van der Waals surface area (Å²) in [5.74, 6) is 0.213. The number of hydrogen-bond donors (Lipinski definition) is 2. The van der Waals surface area contributed by atoms with Crippen LogP contribution in [0.1, 0.15) is 10.5 Å². The number of aromatic nitrogens is 3. The lowest BCUT2D eigenvalue weighted by molar-refractivity contribution is 0.102. The van der Waals surface area contributed by atoms with E-state index in [9.17, 15) is 9.82 Å². The van der Waals surface area contributed by atoms with Gasteiger partial charge >= 0.3 is 7.05 Å². The van der Waals surface area contributed by atoms with Crippen LogP contribution in [0.2, 0.25) is 6.82 Å². The van der Waals surface area contributed by atoms with Crippen molar-refractivity contribution in [2.24, 2.45) is 0 Å². The highest BCUT2D eigenvalue weighted by Crippen LogP contribution is 2.31. The molecule has 8 nitrogen and oxygen atoms in total. The van der Waals surface area contributed by atoms with Gasteiger partial charge in [-0.3, -0.25) is 9.78 Å². The minimum Gasteiger partial charge on any atom is -0.437 e. The number of amides is 1. The maximum atomic E-state index is 13.1. The van der Waals surface area contributed by atoms with Crippen LogP contribution in [-0.2, 0) is 0 Å². The molecule has 0 radical (unpaired) electrons. The van der Waals surface area contributed by atoms with E-state index in [0.717, 1.165) is 47.5 Å². The molecule has 10 heteroatoms.